The number of methoxy groups -OCH3 is 1. The predicted octanol–water partition coefficient (Wildman–Crippen LogP) is 3.32. The molecule has 0 fully saturated rings. The Labute approximate surface area is 120 Å². The Morgan fingerprint density at radius 3 is 2.67 bits per heavy atom. The van der Waals surface area contributed by atoms with Crippen LogP contribution in [-0.2, 0) is 0 Å². The van der Waals surface area contributed by atoms with Gasteiger partial charge < -0.3 is 15.6 Å². The minimum Gasteiger partial charge on any atom is -0.496 e. The third-order valence-corrected chi connectivity index (χ3v) is 3.05. The molecule has 0 saturated carbocycles. The Kier molecular flexibility index (Phi) is 8.36. The van der Waals surface area contributed by atoms with Crippen LogP contribution < -0.4 is 10.5 Å². The summed E-state index contributed by atoms with van der Waals surface area (Å²) in [6.07, 6.45) is 2.11. The van der Waals surface area contributed by atoms with Gasteiger partial charge in [0.1, 0.15) is 5.75 Å². The van der Waals surface area contributed by atoms with Crippen LogP contribution in [0, 0.1) is 0 Å². The van der Waals surface area contributed by atoms with Crippen molar-refractivity contribution in [3.63, 3.8) is 0 Å². The first-order valence-corrected chi connectivity index (χ1v) is 6.25. The van der Waals surface area contributed by atoms with Crippen LogP contribution in [0.15, 0.2) is 18.2 Å². The fraction of sp³-hybridized carbons (Fsp3) is 0.538. The van der Waals surface area contributed by atoms with Gasteiger partial charge in [0.15, 0.2) is 0 Å². The zero-order valence-electron chi connectivity index (χ0n) is 10.7. The second-order valence-electron chi connectivity index (χ2n) is 4.12. The van der Waals surface area contributed by atoms with Crippen LogP contribution in [0.2, 0.25) is 5.02 Å². The molecule has 3 nitrogen and oxygen atoms in total. The van der Waals surface area contributed by atoms with Crippen LogP contribution in [0.4, 0.5) is 0 Å². The molecular weight excluding hydrogens is 273 g/mol. The Hall–Kier alpha value is -0.480. The molecule has 1 aromatic carbocycles. The number of rotatable bonds is 6. The molecule has 5 heteroatoms. The Morgan fingerprint density at radius 1 is 1.44 bits per heavy atom. The lowest BCUT2D eigenvalue weighted by Gasteiger charge is -2.21. The van der Waals surface area contributed by atoms with E-state index in [4.69, 9.17) is 22.1 Å². The molecule has 1 aromatic rings. The van der Waals surface area contributed by atoms with Gasteiger partial charge >= 0.3 is 0 Å². The first-order valence-electron chi connectivity index (χ1n) is 5.87. The highest BCUT2D eigenvalue weighted by Crippen LogP contribution is 2.29. The van der Waals surface area contributed by atoms with Crippen LogP contribution in [0.25, 0.3) is 0 Å². The van der Waals surface area contributed by atoms with Crippen molar-refractivity contribution in [3.05, 3.63) is 28.8 Å². The van der Waals surface area contributed by atoms with Crippen molar-refractivity contribution >= 4 is 24.0 Å². The predicted molar refractivity (Wildman–Crippen MR) is 77.7 cm³/mol. The molecule has 2 atom stereocenters. The highest BCUT2D eigenvalue weighted by Gasteiger charge is 2.20. The monoisotopic (exact) mass is 293 g/mol. The molecule has 0 spiro atoms. The average molecular weight is 294 g/mol. The summed E-state index contributed by atoms with van der Waals surface area (Å²) in [7, 11) is 1.58. The maximum atomic E-state index is 9.99. The van der Waals surface area contributed by atoms with Gasteiger partial charge in [-0.15, -0.1) is 12.4 Å². The largest absolute Gasteiger partial charge is 0.496 e. The molecule has 0 saturated heterocycles. The van der Waals surface area contributed by atoms with E-state index < -0.39 is 12.1 Å². The van der Waals surface area contributed by atoms with E-state index in [1.807, 2.05) is 0 Å². The lowest BCUT2D eigenvalue weighted by Crippen LogP contribution is -2.26. The molecule has 3 N–H and O–H groups in total. The van der Waals surface area contributed by atoms with E-state index in [1.54, 1.807) is 25.3 Å². The Morgan fingerprint density at radius 2 is 2.11 bits per heavy atom. The number of hydrogen-bond donors (Lipinski definition) is 2. The van der Waals surface area contributed by atoms with E-state index in [0.29, 0.717) is 17.2 Å². The van der Waals surface area contributed by atoms with Gasteiger partial charge in [0, 0.05) is 10.6 Å². The highest BCUT2D eigenvalue weighted by atomic mass is 35.5. The quantitative estimate of drug-likeness (QED) is 0.846. The maximum absolute atomic E-state index is 9.99. The van der Waals surface area contributed by atoms with Crippen molar-refractivity contribution in [2.75, 3.05) is 7.11 Å². The van der Waals surface area contributed by atoms with Gasteiger partial charge in [-0.05, 0) is 24.6 Å². The molecule has 104 valence electrons. The number of aliphatic hydroxyl groups excluding tert-OH is 1. The van der Waals surface area contributed by atoms with Gasteiger partial charge in [0.25, 0.3) is 0 Å². The second kappa shape index (κ2) is 8.59. The van der Waals surface area contributed by atoms with Crippen molar-refractivity contribution in [1.82, 2.24) is 0 Å². The standard InChI is InChI=1S/C13H20ClNO2.ClH/c1-3-4-5-11(16)13(15)10-8-9(14)6-7-12(10)17-2;/h6-8,11,13,16H,3-5,15H2,1-2H3;1H/t11-,13+;/m1./s1. The normalized spacial score (nSPS) is 13.6. The number of hydrogen-bond acceptors (Lipinski definition) is 3. The van der Waals surface area contributed by atoms with Crippen molar-refractivity contribution in [2.24, 2.45) is 5.73 Å². The molecule has 1 rings (SSSR count). The minimum atomic E-state index is -0.567. The van der Waals surface area contributed by atoms with Crippen LogP contribution in [0.1, 0.15) is 37.8 Å². The van der Waals surface area contributed by atoms with Gasteiger partial charge in [0.2, 0.25) is 0 Å². The SMILES string of the molecule is CCCC[C@@H](O)[C@@H](N)c1cc(Cl)ccc1OC.Cl. The fourth-order valence-corrected chi connectivity index (χ4v) is 1.95. The summed E-state index contributed by atoms with van der Waals surface area (Å²) in [6.45, 7) is 2.08. The minimum absolute atomic E-state index is 0. The fourth-order valence-electron chi connectivity index (χ4n) is 1.77. The molecule has 18 heavy (non-hydrogen) atoms. The molecule has 0 aliphatic heterocycles. The van der Waals surface area contributed by atoms with Gasteiger partial charge in [-0.2, -0.15) is 0 Å². The first kappa shape index (κ1) is 17.5. The summed E-state index contributed by atoms with van der Waals surface area (Å²) in [4.78, 5) is 0. The van der Waals surface area contributed by atoms with Crippen LogP contribution in [0.3, 0.4) is 0 Å². The summed E-state index contributed by atoms with van der Waals surface area (Å²) in [5, 5.41) is 10.6. The lowest BCUT2D eigenvalue weighted by molar-refractivity contribution is 0.131. The molecule has 0 aliphatic rings. The molecule has 0 amide bonds. The van der Waals surface area contributed by atoms with Crippen LogP contribution in [0.5, 0.6) is 5.75 Å². The van der Waals surface area contributed by atoms with Crippen LogP contribution in [-0.4, -0.2) is 18.3 Å². The van der Waals surface area contributed by atoms with Gasteiger partial charge in [-0.1, -0.05) is 31.4 Å². The van der Waals surface area contributed by atoms with Gasteiger partial charge in [-0.3, -0.25) is 0 Å². The molecule has 0 unspecified atom stereocenters. The number of nitrogens with two attached hydrogens (primary N) is 1. The topological polar surface area (TPSA) is 55.5 Å². The van der Waals surface area contributed by atoms with E-state index in [0.717, 1.165) is 18.4 Å². The highest BCUT2D eigenvalue weighted by molar-refractivity contribution is 6.30. The summed E-state index contributed by atoms with van der Waals surface area (Å²) in [6, 6.07) is 4.80. The summed E-state index contributed by atoms with van der Waals surface area (Å²) < 4.78 is 5.23. The summed E-state index contributed by atoms with van der Waals surface area (Å²) in [5.74, 6) is 0.664. The van der Waals surface area contributed by atoms with E-state index in [2.05, 4.69) is 6.92 Å². The number of benzene rings is 1. The number of unbranched alkanes of at least 4 members (excludes halogenated alkanes) is 1. The van der Waals surface area contributed by atoms with E-state index in [-0.39, 0.29) is 12.4 Å². The zero-order chi connectivity index (χ0) is 12.8. The second-order valence-corrected chi connectivity index (χ2v) is 4.56. The van der Waals surface area contributed by atoms with Crippen molar-refractivity contribution < 1.29 is 9.84 Å². The number of halogens is 2. The summed E-state index contributed by atoms with van der Waals surface area (Å²) in [5.41, 5.74) is 6.79. The van der Waals surface area contributed by atoms with Crippen molar-refractivity contribution in [1.29, 1.82) is 0 Å². The third-order valence-electron chi connectivity index (χ3n) is 2.82. The van der Waals surface area contributed by atoms with E-state index >= 15 is 0 Å². The number of ether oxygens (including phenoxy) is 1. The molecular formula is C13H21Cl2NO2. The average Bonchev–Trinajstić information content (AvgIpc) is 2.34. The molecule has 0 heterocycles. The number of aliphatic hydroxyl groups is 1. The molecule has 0 radical (unpaired) electrons. The summed E-state index contributed by atoms with van der Waals surface area (Å²) >= 11 is 5.93. The third kappa shape index (κ3) is 4.65. The first-order chi connectivity index (χ1) is 8.10. The van der Waals surface area contributed by atoms with Crippen LogP contribution >= 0.6 is 24.0 Å². The zero-order valence-corrected chi connectivity index (χ0v) is 12.3. The molecule has 0 aromatic heterocycles. The molecule has 0 bridgehead atoms. The van der Waals surface area contributed by atoms with Gasteiger partial charge in [0.05, 0.1) is 19.3 Å². The Balaban J connectivity index is 0.00000289. The van der Waals surface area contributed by atoms with Crippen molar-refractivity contribution in [2.45, 2.75) is 38.3 Å². The smallest absolute Gasteiger partial charge is 0.123 e. The van der Waals surface area contributed by atoms with Gasteiger partial charge in [-0.25, -0.2) is 0 Å². The maximum Gasteiger partial charge on any atom is 0.123 e. The van der Waals surface area contributed by atoms with E-state index in [1.165, 1.54) is 0 Å². The molecule has 0 aliphatic carbocycles. The van der Waals surface area contributed by atoms with Crippen molar-refractivity contribution in [3.8, 4) is 5.75 Å². The lowest BCUT2D eigenvalue weighted by atomic mass is 9.97. The van der Waals surface area contributed by atoms with E-state index in [9.17, 15) is 5.11 Å². The Bertz CT molecular complexity index is 361.